The highest BCUT2D eigenvalue weighted by molar-refractivity contribution is 7.21. The number of nitrogen functional groups attached to an aromatic ring is 1. The molecule has 0 aliphatic rings. The van der Waals surface area contributed by atoms with Gasteiger partial charge in [-0.15, -0.1) is 11.3 Å². The number of nitrogens with zero attached hydrogens (tertiary/aromatic N) is 3. The highest BCUT2D eigenvalue weighted by Gasteiger charge is 2.23. The van der Waals surface area contributed by atoms with Crippen molar-refractivity contribution in [3.63, 3.8) is 0 Å². The Morgan fingerprint density at radius 1 is 1.29 bits per heavy atom. The number of carbonyl (C=O) groups is 1. The summed E-state index contributed by atoms with van der Waals surface area (Å²) in [4.78, 5) is 24.3. The maximum atomic E-state index is 12.7. The van der Waals surface area contributed by atoms with E-state index in [4.69, 9.17) is 5.73 Å². The van der Waals surface area contributed by atoms with Gasteiger partial charge in [0.05, 0.1) is 5.69 Å². The maximum absolute atomic E-state index is 12.7. The minimum Gasteiger partial charge on any atom is -0.396 e. The largest absolute Gasteiger partial charge is 0.396 e. The lowest BCUT2D eigenvalue weighted by Gasteiger charge is -2.25. The van der Waals surface area contributed by atoms with Crippen molar-refractivity contribution in [3.05, 3.63) is 17.3 Å². The van der Waals surface area contributed by atoms with Crippen LogP contribution in [0.5, 0.6) is 0 Å². The summed E-state index contributed by atoms with van der Waals surface area (Å²) in [6.45, 7) is 7.78. The minimum absolute atomic E-state index is 0.00769. The van der Waals surface area contributed by atoms with E-state index in [1.165, 1.54) is 11.3 Å². The van der Waals surface area contributed by atoms with Crippen LogP contribution in [0.15, 0.2) is 12.4 Å². The van der Waals surface area contributed by atoms with E-state index in [2.05, 4.69) is 23.8 Å². The van der Waals surface area contributed by atoms with Crippen molar-refractivity contribution in [2.24, 2.45) is 5.92 Å². The van der Waals surface area contributed by atoms with E-state index in [1.807, 2.05) is 11.8 Å². The summed E-state index contributed by atoms with van der Waals surface area (Å²) >= 11 is 1.33. The second kappa shape index (κ2) is 6.85. The van der Waals surface area contributed by atoms with Crippen molar-refractivity contribution >= 4 is 33.3 Å². The van der Waals surface area contributed by atoms with Crippen molar-refractivity contribution in [3.8, 4) is 0 Å². The van der Waals surface area contributed by atoms with Gasteiger partial charge in [-0.25, -0.2) is 9.97 Å². The third-order valence-corrected chi connectivity index (χ3v) is 4.95. The third kappa shape index (κ3) is 3.15. The van der Waals surface area contributed by atoms with Crippen LogP contribution in [-0.4, -0.2) is 33.9 Å². The molecule has 2 aromatic rings. The Balaban J connectivity index is 2.29. The first kappa shape index (κ1) is 15.7. The van der Waals surface area contributed by atoms with E-state index >= 15 is 0 Å². The summed E-state index contributed by atoms with van der Waals surface area (Å²) in [7, 11) is 0. The molecule has 114 valence electrons. The van der Waals surface area contributed by atoms with Crippen LogP contribution >= 0.6 is 11.3 Å². The van der Waals surface area contributed by atoms with Gasteiger partial charge in [-0.1, -0.05) is 26.7 Å². The van der Waals surface area contributed by atoms with Gasteiger partial charge in [0.2, 0.25) is 0 Å². The van der Waals surface area contributed by atoms with Crippen molar-refractivity contribution in [1.82, 2.24) is 14.9 Å². The van der Waals surface area contributed by atoms with Crippen LogP contribution in [0.3, 0.4) is 0 Å². The standard InChI is InChI=1S/C15H22N4OS/c1-4-10(5-2)9-19(6-3)15(20)13-11(16)12-14(21-13)18-8-7-17-12/h7-8,10H,4-6,9,16H2,1-3H3. The number of aromatic nitrogens is 2. The zero-order valence-electron chi connectivity index (χ0n) is 12.8. The van der Waals surface area contributed by atoms with Crippen LogP contribution in [-0.2, 0) is 0 Å². The van der Waals surface area contributed by atoms with Crippen molar-refractivity contribution in [2.75, 3.05) is 18.8 Å². The molecule has 0 aliphatic carbocycles. The molecule has 1 amide bonds. The van der Waals surface area contributed by atoms with E-state index < -0.39 is 0 Å². The highest BCUT2D eigenvalue weighted by Crippen LogP contribution is 2.31. The highest BCUT2D eigenvalue weighted by atomic mass is 32.1. The zero-order valence-corrected chi connectivity index (χ0v) is 13.6. The maximum Gasteiger partial charge on any atom is 0.266 e. The summed E-state index contributed by atoms with van der Waals surface area (Å²) < 4.78 is 0. The third-order valence-electron chi connectivity index (χ3n) is 3.86. The smallest absolute Gasteiger partial charge is 0.266 e. The fourth-order valence-electron chi connectivity index (χ4n) is 2.36. The lowest BCUT2D eigenvalue weighted by atomic mass is 10.0. The average Bonchev–Trinajstić information content (AvgIpc) is 2.86. The molecular formula is C15H22N4OS. The van der Waals surface area contributed by atoms with Crippen LogP contribution in [0.2, 0.25) is 0 Å². The lowest BCUT2D eigenvalue weighted by Crippen LogP contribution is -2.35. The van der Waals surface area contributed by atoms with Gasteiger partial charge < -0.3 is 10.6 Å². The van der Waals surface area contributed by atoms with Gasteiger partial charge in [0, 0.05) is 25.5 Å². The molecule has 0 atom stereocenters. The molecule has 6 heteroatoms. The molecule has 21 heavy (non-hydrogen) atoms. The predicted octanol–water partition coefficient (Wildman–Crippen LogP) is 3.17. The lowest BCUT2D eigenvalue weighted by molar-refractivity contribution is 0.0741. The Bertz CT molecular complexity index is 621. The van der Waals surface area contributed by atoms with Crippen LogP contribution < -0.4 is 5.73 Å². The van der Waals surface area contributed by atoms with Crippen LogP contribution in [0.1, 0.15) is 43.3 Å². The number of amides is 1. The monoisotopic (exact) mass is 306 g/mol. The molecule has 0 unspecified atom stereocenters. The van der Waals surface area contributed by atoms with E-state index in [-0.39, 0.29) is 5.91 Å². The number of hydrogen-bond donors (Lipinski definition) is 1. The Morgan fingerprint density at radius 2 is 1.95 bits per heavy atom. The minimum atomic E-state index is -0.00769. The predicted molar refractivity (Wildman–Crippen MR) is 87.5 cm³/mol. The Labute approximate surface area is 129 Å². The summed E-state index contributed by atoms with van der Waals surface area (Å²) in [5, 5.41) is 0. The Morgan fingerprint density at radius 3 is 2.52 bits per heavy atom. The number of fused-ring (bicyclic) bond motifs is 1. The molecule has 0 fully saturated rings. The molecule has 2 heterocycles. The fourth-order valence-corrected chi connectivity index (χ4v) is 3.35. The number of thiophene rings is 1. The van der Waals surface area contributed by atoms with E-state index in [0.29, 0.717) is 28.5 Å². The molecule has 2 aromatic heterocycles. The molecule has 0 radical (unpaired) electrons. The van der Waals surface area contributed by atoms with E-state index in [1.54, 1.807) is 12.4 Å². The molecular weight excluding hydrogens is 284 g/mol. The van der Waals surface area contributed by atoms with Crippen molar-refractivity contribution < 1.29 is 4.79 Å². The van der Waals surface area contributed by atoms with Crippen molar-refractivity contribution in [1.29, 1.82) is 0 Å². The topological polar surface area (TPSA) is 72.1 Å². The SMILES string of the molecule is CCC(CC)CN(CC)C(=O)c1sc2nccnc2c1N. The van der Waals surface area contributed by atoms with Gasteiger partial charge in [0.1, 0.15) is 15.2 Å². The first-order valence-corrected chi connectivity index (χ1v) is 8.22. The number of carbonyl (C=O) groups excluding carboxylic acids is 1. The van der Waals surface area contributed by atoms with Gasteiger partial charge in [-0.05, 0) is 12.8 Å². The van der Waals surface area contributed by atoms with E-state index in [0.717, 1.165) is 24.2 Å². The number of rotatable bonds is 6. The summed E-state index contributed by atoms with van der Waals surface area (Å²) in [6.07, 6.45) is 5.37. The molecule has 0 spiro atoms. The average molecular weight is 306 g/mol. The quantitative estimate of drug-likeness (QED) is 0.889. The first-order chi connectivity index (χ1) is 10.1. The molecule has 0 aliphatic heterocycles. The molecule has 0 aromatic carbocycles. The Hall–Kier alpha value is -1.69. The molecule has 0 saturated heterocycles. The number of nitrogens with two attached hydrogens (primary N) is 1. The number of anilines is 1. The summed E-state index contributed by atoms with van der Waals surface area (Å²) in [5.74, 6) is 0.521. The van der Waals surface area contributed by atoms with Crippen LogP contribution in [0.4, 0.5) is 5.69 Å². The normalized spacial score (nSPS) is 11.2. The van der Waals surface area contributed by atoms with Gasteiger partial charge in [-0.3, -0.25) is 4.79 Å². The van der Waals surface area contributed by atoms with E-state index in [9.17, 15) is 4.79 Å². The van der Waals surface area contributed by atoms with Crippen LogP contribution in [0.25, 0.3) is 10.3 Å². The fraction of sp³-hybridized carbons (Fsp3) is 0.533. The first-order valence-electron chi connectivity index (χ1n) is 7.40. The molecule has 0 bridgehead atoms. The van der Waals surface area contributed by atoms with Gasteiger partial charge in [0.25, 0.3) is 5.91 Å². The molecule has 2 N–H and O–H groups in total. The second-order valence-electron chi connectivity index (χ2n) is 5.08. The van der Waals surface area contributed by atoms with Crippen molar-refractivity contribution in [2.45, 2.75) is 33.6 Å². The molecule has 5 nitrogen and oxygen atoms in total. The summed E-state index contributed by atoms with van der Waals surface area (Å²) in [5.41, 5.74) is 7.17. The number of hydrogen-bond acceptors (Lipinski definition) is 5. The zero-order chi connectivity index (χ0) is 15.4. The van der Waals surface area contributed by atoms with Gasteiger partial charge in [-0.2, -0.15) is 0 Å². The molecule has 0 saturated carbocycles. The van der Waals surface area contributed by atoms with Gasteiger partial charge >= 0.3 is 0 Å². The Kier molecular flexibility index (Phi) is 5.12. The van der Waals surface area contributed by atoms with Gasteiger partial charge in [0.15, 0.2) is 0 Å². The summed E-state index contributed by atoms with van der Waals surface area (Å²) in [6, 6.07) is 0. The molecule has 2 rings (SSSR count). The van der Waals surface area contributed by atoms with Crippen LogP contribution in [0, 0.1) is 5.92 Å². The second-order valence-corrected chi connectivity index (χ2v) is 6.08.